The van der Waals surface area contributed by atoms with Crippen molar-refractivity contribution in [3.05, 3.63) is 46.9 Å². The van der Waals surface area contributed by atoms with Crippen LogP contribution in [0.1, 0.15) is 60.2 Å². The number of nitrogens with zero attached hydrogens (tertiary/aromatic N) is 4. The Hall–Kier alpha value is -2.91. The van der Waals surface area contributed by atoms with Crippen molar-refractivity contribution in [2.75, 3.05) is 5.32 Å². The predicted molar refractivity (Wildman–Crippen MR) is 114 cm³/mol. The third kappa shape index (κ3) is 3.96. The summed E-state index contributed by atoms with van der Waals surface area (Å²) in [5.74, 6) is 6.53. The molecule has 4 N–H and O–H groups in total. The van der Waals surface area contributed by atoms with Crippen molar-refractivity contribution in [3.63, 3.8) is 0 Å². The topological polar surface area (TPSA) is 121 Å². The number of anilines is 1. The summed E-state index contributed by atoms with van der Waals surface area (Å²) < 4.78 is 0.964. The maximum Gasteiger partial charge on any atom is 0.275 e. The van der Waals surface area contributed by atoms with Gasteiger partial charge in [-0.1, -0.05) is 12.5 Å². The smallest absolute Gasteiger partial charge is 0.275 e. The van der Waals surface area contributed by atoms with Crippen molar-refractivity contribution in [2.24, 2.45) is 5.84 Å². The Kier molecular flexibility index (Phi) is 5.25. The van der Waals surface area contributed by atoms with E-state index in [1.54, 1.807) is 41.8 Å². The summed E-state index contributed by atoms with van der Waals surface area (Å²) >= 11 is 1.64. The first-order chi connectivity index (χ1) is 13.9. The van der Waals surface area contributed by atoms with E-state index in [0.29, 0.717) is 23.1 Å². The lowest BCUT2D eigenvalue weighted by molar-refractivity contribution is 0.102. The zero-order valence-electron chi connectivity index (χ0n) is 16.3. The molecule has 3 heterocycles. The second-order valence-electron chi connectivity index (χ2n) is 7.43. The van der Waals surface area contributed by atoms with Crippen molar-refractivity contribution in [3.8, 4) is 0 Å². The number of nitrogens with two attached hydrogens (primary N) is 1. The number of hydrogen-bond acceptors (Lipinski definition) is 7. The van der Waals surface area contributed by atoms with Gasteiger partial charge >= 0.3 is 0 Å². The molecule has 0 aliphatic heterocycles. The van der Waals surface area contributed by atoms with Crippen molar-refractivity contribution in [1.82, 2.24) is 20.0 Å². The first-order valence-corrected chi connectivity index (χ1v) is 10.4. The van der Waals surface area contributed by atoms with E-state index in [4.69, 9.17) is 11.3 Å². The molecule has 0 aromatic carbocycles. The molecule has 1 aliphatic rings. The number of nitrogens with one attached hydrogen (secondary N) is 2. The fraction of sp³-hybridized carbons (Fsp3) is 0.350. The SMILES string of the molecule is CC(C)N(N)C(=N)c1cccc(NC(=O)c2cc3sc(C4CCC4)nc3cn2)n1. The molecule has 0 unspecified atom stereocenters. The van der Waals surface area contributed by atoms with Gasteiger partial charge in [0, 0.05) is 12.0 Å². The molecule has 0 saturated heterocycles. The van der Waals surface area contributed by atoms with E-state index in [2.05, 4.69) is 20.3 Å². The number of fused-ring (bicyclic) bond motifs is 1. The van der Waals surface area contributed by atoms with Gasteiger partial charge < -0.3 is 5.32 Å². The number of hydrogen-bond donors (Lipinski definition) is 3. The quantitative estimate of drug-likeness (QED) is 0.257. The average Bonchev–Trinajstić information content (AvgIpc) is 3.07. The highest BCUT2D eigenvalue weighted by molar-refractivity contribution is 7.18. The normalized spacial score (nSPS) is 14.1. The van der Waals surface area contributed by atoms with Crippen LogP contribution in [0, 0.1) is 5.41 Å². The van der Waals surface area contributed by atoms with Gasteiger partial charge in [-0.05, 0) is 44.9 Å². The molecule has 3 aromatic rings. The number of thiazole rings is 1. The summed E-state index contributed by atoms with van der Waals surface area (Å²) in [7, 11) is 0. The number of amidine groups is 1. The van der Waals surface area contributed by atoms with Gasteiger partial charge in [-0.2, -0.15) is 0 Å². The molecule has 1 saturated carbocycles. The number of carbonyl (C=O) groups is 1. The molecule has 0 bridgehead atoms. The van der Waals surface area contributed by atoms with E-state index >= 15 is 0 Å². The van der Waals surface area contributed by atoms with Gasteiger partial charge in [0.05, 0.1) is 21.4 Å². The molecule has 29 heavy (non-hydrogen) atoms. The highest BCUT2D eigenvalue weighted by Gasteiger charge is 2.23. The van der Waals surface area contributed by atoms with Crippen molar-refractivity contribution in [1.29, 1.82) is 5.41 Å². The molecule has 1 aliphatic carbocycles. The minimum atomic E-state index is -0.352. The van der Waals surface area contributed by atoms with E-state index in [1.165, 1.54) is 24.3 Å². The van der Waals surface area contributed by atoms with Crippen LogP contribution in [0.25, 0.3) is 10.2 Å². The van der Waals surface area contributed by atoms with Gasteiger partial charge in [-0.25, -0.2) is 20.8 Å². The van der Waals surface area contributed by atoms with Crippen LogP contribution in [-0.2, 0) is 0 Å². The molecule has 0 spiro atoms. The Labute approximate surface area is 172 Å². The van der Waals surface area contributed by atoms with Gasteiger partial charge in [0.15, 0.2) is 5.84 Å². The number of amides is 1. The van der Waals surface area contributed by atoms with Crippen LogP contribution in [0.4, 0.5) is 5.82 Å². The van der Waals surface area contributed by atoms with Crippen molar-refractivity contribution in [2.45, 2.75) is 45.1 Å². The summed E-state index contributed by atoms with van der Waals surface area (Å²) in [4.78, 5) is 25.9. The summed E-state index contributed by atoms with van der Waals surface area (Å²) in [6, 6.07) is 6.82. The Morgan fingerprint density at radius 1 is 1.31 bits per heavy atom. The molecule has 3 aromatic heterocycles. The van der Waals surface area contributed by atoms with Crippen LogP contribution in [0.5, 0.6) is 0 Å². The molecule has 8 nitrogen and oxygen atoms in total. The van der Waals surface area contributed by atoms with Gasteiger partial charge in [0.2, 0.25) is 0 Å². The summed E-state index contributed by atoms with van der Waals surface area (Å²) in [6.45, 7) is 3.77. The molecular formula is C20H23N7OS. The fourth-order valence-electron chi connectivity index (χ4n) is 3.01. The Balaban J connectivity index is 1.51. The third-order valence-corrected chi connectivity index (χ3v) is 6.21. The van der Waals surface area contributed by atoms with E-state index in [1.807, 2.05) is 13.8 Å². The maximum absolute atomic E-state index is 12.7. The third-order valence-electron chi connectivity index (χ3n) is 5.03. The van der Waals surface area contributed by atoms with E-state index in [-0.39, 0.29) is 17.8 Å². The fourth-order valence-corrected chi connectivity index (χ4v) is 4.16. The van der Waals surface area contributed by atoms with Gasteiger partial charge in [-0.3, -0.25) is 15.2 Å². The number of rotatable bonds is 5. The lowest BCUT2D eigenvalue weighted by Gasteiger charge is -2.23. The van der Waals surface area contributed by atoms with Gasteiger partial charge in [0.1, 0.15) is 17.2 Å². The summed E-state index contributed by atoms with van der Waals surface area (Å²) in [5, 5.41) is 13.4. The Morgan fingerprint density at radius 3 is 2.79 bits per heavy atom. The van der Waals surface area contributed by atoms with Crippen molar-refractivity contribution >= 4 is 39.1 Å². The lowest BCUT2D eigenvalue weighted by Crippen LogP contribution is -2.43. The minimum Gasteiger partial charge on any atom is -0.305 e. The number of pyridine rings is 2. The predicted octanol–water partition coefficient (Wildman–Crippen LogP) is 3.52. The van der Waals surface area contributed by atoms with Crippen molar-refractivity contribution < 1.29 is 4.79 Å². The van der Waals surface area contributed by atoms with E-state index < -0.39 is 0 Å². The number of aromatic nitrogens is 3. The molecule has 1 fully saturated rings. The van der Waals surface area contributed by atoms with Crippen LogP contribution in [-0.4, -0.2) is 37.7 Å². The molecular weight excluding hydrogens is 386 g/mol. The average molecular weight is 410 g/mol. The second-order valence-corrected chi connectivity index (χ2v) is 8.49. The molecule has 9 heteroatoms. The lowest BCUT2D eigenvalue weighted by atomic mass is 9.86. The number of carbonyl (C=O) groups excluding carboxylic acids is 1. The molecule has 4 rings (SSSR count). The van der Waals surface area contributed by atoms with Crippen LogP contribution in [0.2, 0.25) is 0 Å². The van der Waals surface area contributed by atoms with Crippen LogP contribution in [0.3, 0.4) is 0 Å². The van der Waals surface area contributed by atoms with Crippen LogP contribution >= 0.6 is 11.3 Å². The van der Waals surface area contributed by atoms with Crippen LogP contribution < -0.4 is 11.2 Å². The highest BCUT2D eigenvalue weighted by atomic mass is 32.1. The number of hydrazine groups is 1. The highest BCUT2D eigenvalue weighted by Crippen LogP contribution is 2.39. The summed E-state index contributed by atoms with van der Waals surface area (Å²) in [5.41, 5.74) is 1.53. The van der Waals surface area contributed by atoms with Gasteiger partial charge in [0.25, 0.3) is 5.91 Å². The Morgan fingerprint density at radius 2 is 2.10 bits per heavy atom. The molecule has 0 atom stereocenters. The first kappa shape index (κ1) is 19.4. The minimum absolute atomic E-state index is 0.0392. The standard InChI is InChI=1S/C20H23N7OS/c1-11(2)27(22)18(21)13-7-4-8-17(24-13)26-19(28)14-9-16-15(10-23-14)25-20(29-16)12-5-3-6-12/h4,7-12,21H,3,5-6,22H2,1-2H3,(H,24,26,28). The van der Waals surface area contributed by atoms with Crippen LogP contribution in [0.15, 0.2) is 30.5 Å². The van der Waals surface area contributed by atoms with Gasteiger partial charge in [-0.15, -0.1) is 11.3 Å². The zero-order valence-corrected chi connectivity index (χ0v) is 17.2. The maximum atomic E-state index is 12.7. The first-order valence-electron chi connectivity index (χ1n) is 9.60. The molecule has 1 amide bonds. The second kappa shape index (κ2) is 7.84. The molecule has 0 radical (unpaired) electrons. The van der Waals surface area contributed by atoms with E-state index in [9.17, 15) is 4.79 Å². The Bertz CT molecular complexity index is 1070. The zero-order chi connectivity index (χ0) is 20.5. The summed E-state index contributed by atoms with van der Waals surface area (Å²) in [6.07, 6.45) is 5.29. The largest absolute Gasteiger partial charge is 0.305 e. The van der Waals surface area contributed by atoms with E-state index in [0.717, 1.165) is 15.2 Å². The molecule has 150 valence electrons. The monoisotopic (exact) mass is 409 g/mol.